The van der Waals surface area contributed by atoms with E-state index >= 15 is 0 Å². The van der Waals surface area contributed by atoms with Gasteiger partial charge >= 0.3 is 0 Å². The van der Waals surface area contributed by atoms with Crippen LogP contribution in [0.3, 0.4) is 0 Å². The van der Waals surface area contributed by atoms with Gasteiger partial charge in [-0.1, -0.05) is 52.4 Å². The lowest BCUT2D eigenvalue weighted by molar-refractivity contribution is 0.388. The smallest absolute Gasteiger partial charge is 0.00641 e. The fourth-order valence-electron chi connectivity index (χ4n) is 2.94. The van der Waals surface area contributed by atoms with E-state index in [1.165, 1.54) is 57.8 Å². The molecule has 16 heavy (non-hydrogen) atoms. The molecule has 1 fully saturated rings. The van der Waals surface area contributed by atoms with Crippen LogP contribution in [0.5, 0.6) is 0 Å². The molecule has 0 aromatic rings. The zero-order chi connectivity index (χ0) is 11.8. The Morgan fingerprint density at radius 1 is 1.06 bits per heavy atom. The molecule has 1 saturated carbocycles. The molecule has 1 aliphatic rings. The SMILES string of the molecule is CNC(CCCC(C)C)CCC1CCCC1. The van der Waals surface area contributed by atoms with Crippen LogP contribution in [0.25, 0.3) is 0 Å². The Labute approximate surface area is 102 Å². The fraction of sp³-hybridized carbons (Fsp3) is 1.00. The summed E-state index contributed by atoms with van der Waals surface area (Å²) < 4.78 is 0. The molecular formula is C15H31N. The summed E-state index contributed by atoms with van der Waals surface area (Å²) in [6.07, 6.45) is 13.0. The Bertz CT molecular complexity index is 159. The highest BCUT2D eigenvalue weighted by atomic mass is 14.9. The molecule has 0 amide bonds. The van der Waals surface area contributed by atoms with Gasteiger partial charge in [0.25, 0.3) is 0 Å². The molecule has 1 atom stereocenters. The monoisotopic (exact) mass is 225 g/mol. The van der Waals surface area contributed by atoms with Crippen molar-refractivity contribution in [2.75, 3.05) is 7.05 Å². The highest BCUT2D eigenvalue weighted by Gasteiger charge is 2.16. The van der Waals surface area contributed by atoms with Crippen LogP contribution in [0.1, 0.15) is 71.6 Å². The fourth-order valence-corrected chi connectivity index (χ4v) is 2.94. The van der Waals surface area contributed by atoms with Crippen molar-refractivity contribution < 1.29 is 0 Å². The van der Waals surface area contributed by atoms with Gasteiger partial charge in [0, 0.05) is 6.04 Å². The Balaban J connectivity index is 2.05. The van der Waals surface area contributed by atoms with Gasteiger partial charge in [-0.15, -0.1) is 0 Å². The molecule has 0 spiro atoms. The van der Waals surface area contributed by atoms with Gasteiger partial charge in [0.1, 0.15) is 0 Å². The maximum absolute atomic E-state index is 3.50. The van der Waals surface area contributed by atoms with Gasteiger partial charge in [-0.25, -0.2) is 0 Å². The minimum atomic E-state index is 0.777. The van der Waals surface area contributed by atoms with Crippen LogP contribution in [0, 0.1) is 11.8 Å². The van der Waals surface area contributed by atoms with E-state index in [0.29, 0.717) is 0 Å². The maximum atomic E-state index is 3.50. The van der Waals surface area contributed by atoms with Crippen molar-refractivity contribution in [1.82, 2.24) is 5.32 Å². The average molecular weight is 225 g/mol. The highest BCUT2D eigenvalue weighted by Crippen LogP contribution is 2.29. The van der Waals surface area contributed by atoms with E-state index in [1.807, 2.05) is 0 Å². The second-order valence-corrected chi connectivity index (χ2v) is 6.04. The van der Waals surface area contributed by atoms with E-state index in [0.717, 1.165) is 17.9 Å². The van der Waals surface area contributed by atoms with E-state index in [2.05, 4.69) is 26.2 Å². The van der Waals surface area contributed by atoms with Crippen molar-refractivity contribution in [2.45, 2.75) is 77.7 Å². The van der Waals surface area contributed by atoms with Crippen LogP contribution < -0.4 is 5.32 Å². The third-order valence-corrected chi connectivity index (χ3v) is 4.14. The van der Waals surface area contributed by atoms with Crippen molar-refractivity contribution in [2.24, 2.45) is 11.8 Å². The summed E-state index contributed by atoms with van der Waals surface area (Å²) in [5, 5.41) is 3.50. The van der Waals surface area contributed by atoms with E-state index in [9.17, 15) is 0 Å². The largest absolute Gasteiger partial charge is 0.317 e. The lowest BCUT2D eigenvalue weighted by Crippen LogP contribution is -2.25. The second kappa shape index (κ2) is 8.11. The van der Waals surface area contributed by atoms with Crippen molar-refractivity contribution in [1.29, 1.82) is 0 Å². The highest BCUT2D eigenvalue weighted by molar-refractivity contribution is 4.72. The topological polar surface area (TPSA) is 12.0 Å². The first-order valence-electron chi connectivity index (χ1n) is 7.39. The number of rotatable bonds is 8. The van der Waals surface area contributed by atoms with Gasteiger partial charge in [-0.2, -0.15) is 0 Å². The van der Waals surface area contributed by atoms with Crippen molar-refractivity contribution in [3.63, 3.8) is 0 Å². The summed E-state index contributed by atoms with van der Waals surface area (Å²) in [4.78, 5) is 0. The molecule has 0 radical (unpaired) electrons. The first kappa shape index (κ1) is 14.0. The van der Waals surface area contributed by atoms with Crippen LogP contribution in [0.4, 0.5) is 0 Å². The number of hydrogen-bond acceptors (Lipinski definition) is 1. The summed E-state index contributed by atoms with van der Waals surface area (Å²) in [7, 11) is 2.13. The summed E-state index contributed by atoms with van der Waals surface area (Å²) in [5.74, 6) is 1.92. The Hall–Kier alpha value is -0.0400. The standard InChI is InChI=1S/C15H31N/c1-13(2)7-6-10-15(16-3)12-11-14-8-4-5-9-14/h13-16H,4-12H2,1-3H3. The van der Waals surface area contributed by atoms with Crippen molar-refractivity contribution in [3.8, 4) is 0 Å². The van der Waals surface area contributed by atoms with E-state index in [1.54, 1.807) is 0 Å². The third-order valence-electron chi connectivity index (χ3n) is 4.14. The van der Waals surface area contributed by atoms with Gasteiger partial charge < -0.3 is 5.32 Å². The van der Waals surface area contributed by atoms with Crippen LogP contribution in [0.2, 0.25) is 0 Å². The first-order valence-corrected chi connectivity index (χ1v) is 7.39. The molecule has 1 unspecified atom stereocenters. The molecule has 1 N–H and O–H groups in total. The zero-order valence-corrected chi connectivity index (χ0v) is 11.6. The molecule has 96 valence electrons. The van der Waals surface area contributed by atoms with Crippen LogP contribution in [-0.4, -0.2) is 13.1 Å². The average Bonchev–Trinajstić information content (AvgIpc) is 2.75. The van der Waals surface area contributed by atoms with Gasteiger partial charge in [0.15, 0.2) is 0 Å². The lowest BCUT2D eigenvalue weighted by Gasteiger charge is -2.18. The molecule has 0 aromatic carbocycles. The molecule has 0 heterocycles. The van der Waals surface area contributed by atoms with E-state index < -0.39 is 0 Å². The van der Waals surface area contributed by atoms with Gasteiger partial charge in [-0.05, 0) is 38.1 Å². The predicted octanol–water partition coefficient (Wildman–Crippen LogP) is 4.37. The minimum Gasteiger partial charge on any atom is -0.317 e. The lowest BCUT2D eigenvalue weighted by atomic mass is 9.95. The molecule has 0 aliphatic heterocycles. The number of hydrogen-bond donors (Lipinski definition) is 1. The molecule has 0 bridgehead atoms. The molecular weight excluding hydrogens is 194 g/mol. The van der Waals surface area contributed by atoms with E-state index in [-0.39, 0.29) is 0 Å². The molecule has 1 nitrogen and oxygen atoms in total. The maximum Gasteiger partial charge on any atom is 0.00641 e. The molecule has 0 aromatic heterocycles. The van der Waals surface area contributed by atoms with Crippen LogP contribution in [0.15, 0.2) is 0 Å². The number of nitrogens with one attached hydrogen (secondary N) is 1. The normalized spacial score (nSPS) is 19.5. The van der Waals surface area contributed by atoms with Gasteiger partial charge in [-0.3, -0.25) is 0 Å². The van der Waals surface area contributed by atoms with Crippen molar-refractivity contribution in [3.05, 3.63) is 0 Å². The summed E-state index contributed by atoms with van der Waals surface area (Å²) in [6.45, 7) is 4.65. The van der Waals surface area contributed by atoms with Gasteiger partial charge in [0.2, 0.25) is 0 Å². The first-order chi connectivity index (χ1) is 7.72. The molecule has 1 heteroatoms. The molecule has 1 aliphatic carbocycles. The van der Waals surface area contributed by atoms with Crippen molar-refractivity contribution >= 4 is 0 Å². The summed E-state index contributed by atoms with van der Waals surface area (Å²) in [6, 6.07) is 0.777. The third kappa shape index (κ3) is 5.89. The molecule has 1 rings (SSSR count). The second-order valence-electron chi connectivity index (χ2n) is 6.04. The van der Waals surface area contributed by atoms with Crippen LogP contribution in [-0.2, 0) is 0 Å². The minimum absolute atomic E-state index is 0.777. The Morgan fingerprint density at radius 3 is 2.31 bits per heavy atom. The Morgan fingerprint density at radius 2 is 1.75 bits per heavy atom. The molecule has 0 saturated heterocycles. The zero-order valence-electron chi connectivity index (χ0n) is 11.6. The van der Waals surface area contributed by atoms with Gasteiger partial charge in [0.05, 0.1) is 0 Å². The summed E-state index contributed by atoms with van der Waals surface area (Å²) >= 11 is 0. The summed E-state index contributed by atoms with van der Waals surface area (Å²) in [5.41, 5.74) is 0. The predicted molar refractivity (Wildman–Crippen MR) is 72.7 cm³/mol. The Kier molecular flexibility index (Phi) is 7.11. The quantitative estimate of drug-likeness (QED) is 0.647. The van der Waals surface area contributed by atoms with Crippen LogP contribution >= 0.6 is 0 Å². The van der Waals surface area contributed by atoms with E-state index in [4.69, 9.17) is 0 Å².